The van der Waals surface area contributed by atoms with E-state index in [1.54, 1.807) is 7.11 Å². The van der Waals surface area contributed by atoms with E-state index in [9.17, 15) is 5.11 Å². The Balaban J connectivity index is 2.57. The third-order valence-electron chi connectivity index (χ3n) is 2.69. The molecule has 17 heavy (non-hydrogen) atoms. The van der Waals surface area contributed by atoms with Crippen molar-refractivity contribution in [2.75, 3.05) is 20.3 Å². The molecule has 0 aromatic heterocycles. The molecule has 0 saturated carbocycles. The number of hydrogen-bond donors (Lipinski definition) is 1. The molecule has 0 spiro atoms. The number of aryl methyl sites for hydroxylation is 1. The highest BCUT2D eigenvalue weighted by molar-refractivity contribution is 5.37. The number of rotatable bonds is 7. The molecule has 0 amide bonds. The molecule has 1 aromatic rings. The van der Waals surface area contributed by atoms with E-state index < -0.39 is 0 Å². The van der Waals surface area contributed by atoms with Gasteiger partial charge < -0.3 is 14.6 Å². The summed E-state index contributed by atoms with van der Waals surface area (Å²) in [6.07, 6.45) is 0.889. The predicted molar refractivity (Wildman–Crippen MR) is 68.6 cm³/mol. The van der Waals surface area contributed by atoms with Crippen molar-refractivity contribution in [3.05, 3.63) is 29.3 Å². The third-order valence-corrected chi connectivity index (χ3v) is 2.69. The van der Waals surface area contributed by atoms with Crippen LogP contribution < -0.4 is 4.74 Å². The summed E-state index contributed by atoms with van der Waals surface area (Å²) in [6.45, 7) is 5.29. The minimum Gasteiger partial charge on any atom is -0.496 e. The lowest BCUT2D eigenvalue weighted by atomic mass is 10.0. The lowest BCUT2D eigenvalue weighted by Crippen LogP contribution is -2.14. The largest absolute Gasteiger partial charge is 0.496 e. The van der Waals surface area contributed by atoms with Crippen molar-refractivity contribution in [3.63, 3.8) is 0 Å². The maximum Gasteiger partial charge on any atom is 0.122 e. The first kappa shape index (κ1) is 14.0. The van der Waals surface area contributed by atoms with Gasteiger partial charge in [-0.15, -0.1) is 0 Å². The number of benzene rings is 1. The highest BCUT2D eigenvalue weighted by atomic mass is 16.5. The highest BCUT2D eigenvalue weighted by Crippen LogP contribution is 2.21. The Bertz CT molecular complexity index is 336. The molecule has 0 aliphatic rings. The van der Waals surface area contributed by atoms with E-state index in [0.29, 0.717) is 26.1 Å². The number of aliphatic hydroxyl groups excluding tert-OH is 1. The molecule has 3 nitrogen and oxygen atoms in total. The first-order valence-electron chi connectivity index (χ1n) is 6.06. The molecule has 96 valence electrons. The van der Waals surface area contributed by atoms with Crippen molar-refractivity contribution in [3.8, 4) is 5.75 Å². The lowest BCUT2D eigenvalue weighted by Gasteiger charge is -2.14. The minimum atomic E-state index is -0.378. The maximum absolute atomic E-state index is 9.90. The molecule has 0 saturated heterocycles. The molecule has 0 fully saturated rings. The van der Waals surface area contributed by atoms with Gasteiger partial charge in [0.1, 0.15) is 5.75 Å². The fraction of sp³-hybridized carbons (Fsp3) is 0.571. The Kier molecular flexibility index (Phi) is 6.01. The van der Waals surface area contributed by atoms with Gasteiger partial charge >= 0.3 is 0 Å². The molecule has 0 aliphatic carbocycles. The van der Waals surface area contributed by atoms with Crippen LogP contribution in [-0.4, -0.2) is 31.5 Å². The Morgan fingerprint density at radius 3 is 2.76 bits per heavy atom. The van der Waals surface area contributed by atoms with E-state index in [0.717, 1.165) is 11.3 Å². The molecule has 1 rings (SSSR count). The zero-order valence-corrected chi connectivity index (χ0v) is 10.9. The third kappa shape index (κ3) is 4.75. The molecule has 0 radical (unpaired) electrons. The fourth-order valence-electron chi connectivity index (χ4n) is 1.79. The normalized spacial score (nSPS) is 12.5. The van der Waals surface area contributed by atoms with Gasteiger partial charge in [0, 0.05) is 19.6 Å². The molecule has 1 N–H and O–H groups in total. The predicted octanol–water partition coefficient (Wildman–Crippen LogP) is 2.33. The average Bonchev–Trinajstić information content (AvgIpc) is 2.29. The van der Waals surface area contributed by atoms with Gasteiger partial charge in [-0.3, -0.25) is 0 Å². The summed E-state index contributed by atoms with van der Waals surface area (Å²) < 4.78 is 10.5. The van der Waals surface area contributed by atoms with Crippen molar-refractivity contribution in [2.24, 2.45) is 0 Å². The van der Waals surface area contributed by atoms with Crippen LogP contribution in [0.25, 0.3) is 0 Å². The first-order valence-corrected chi connectivity index (χ1v) is 6.06. The van der Waals surface area contributed by atoms with Gasteiger partial charge in [-0.25, -0.2) is 0 Å². The van der Waals surface area contributed by atoms with E-state index in [1.807, 2.05) is 26.0 Å². The summed E-state index contributed by atoms with van der Waals surface area (Å²) >= 11 is 0. The zero-order valence-electron chi connectivity index (χ0n) is 10.9. The summed E-state index contributed by atoms with van der Waals surface area (Å²) in [6, 6.07) is 6.01. The van der Waals surface area contributed by atoms with Crippen LogP contribution in [0.2, 0.25) is 0 Å². The molecule has 0 aliphatic heterocycles. The van der Waals surface area contributed by atoms with E-state index >= 15 is 0 Å². The van der Waals surface area contributed by atoms with Gasteiger partial charge in [0.2, 0.25) is 0 Å². The monoisotopic (exact) mass is 238 g/mol. The van der Waals surface area contributed by atoms with E-state index in [1.165, 1.54) is 5.56 Å². The standard InChI is InChI=1S/C14H22O3/c1-4-17-8-7-13(15)10-12-9-11(2)5-6-14(12)16-3/h5-6,9,13,15H,4,7-8,10H2,1-3H3. The molecular formula is C14H22O3. The van der Waals surface area contributed by atoms with Gasteiger partial charge in [0.05, 0.1) is 13.2 Å². The van der Waals surface area contributed by atoms with Crippen molar-refractivity contribution < 1.29 is 14.6 Å². The number of ether oxygens (including phenoxy) is 2. The number of aliphatic hydroxyl groups is 1. The number of methoxy groups -OCH3 is 1. The van der Waals surface area contributed by atoms with Crippen LogP contribution in [0.5, 0.6) is 5.75 Å². The lowest BCUT2D eigenvalue weighted by molar-refractivity contribution is 0.0884. The Labute approximate surface area is 103 Å². The van der Waals surface area contributed by atoms with Crippen molar-refractivity contribution >= 4 is 0 Å². The zero-order chi connectivity index (χ0) is 12.7. The summed E-state index contributed by atoms with van der Waals surface area (Å²) in [5.41, 5.74) is 2.23. The van der Waals surface area contributed by atoms with Crippen LogP contribution in [0.3, 0.4) is 0 Å². The fourth-order valence-corrected chi connectivity index (χ4v) is 1.79. The Hall–Kier alpha value is -1.06. The highest BCUT2D eigenvalue weighted by Gasteiger charge is 2.10. The van der Waals surface area contributed by atoms with Crippen LogP contribution in [0.15, 0.2) is 18.2 Å². The molecule has 0 bridgehead atoms. The second-order valence-corrected chi connectivity index (χ2v) is 4.16. The second-order valence-electron chi connectivity index (χ2n) is 4.16. The van der Waals surface area contributed by atoms with Gasteiger partial charge in [0.25, 0.3) is 0 Å². The Morgan fingerprint density at radius 1 is 1.35 bits per heavy atom. The van der Waals surface area contributed by atoms with Gasteiger partial charge in [0.15, 0.2) is 0 Å². The SMILES string of the molecule is CCOCCC(O)Cc1cc(C)ccc1OC. The molecule has 1 atom stereocenters. The van der Waals surface area contributed by atoms with Crippen LogP contribution in [-0.2, 0) is 11.2 Å². The van der Waals surface area contributed by atoms with Gasteiger partial charge in [-0.05, 0) is 31.9 Å². The molecule has 1 aromatic carbocycles. The summed E-state index contributed by atoms with van der Waals surface area (Å²) in [7, 11) is 1.65. The summed E-state index contributed by atoms with van der Waals surface area (Å²) in [5.74, 6) is 0.839. The van der Waals surface area contributed by atoms with Gasteiger partial charge in [-0.1, -0.05) is 17.7 Å². The van der Waals surface area contributed by atoms with Crippen molar-refractivity contribution in [1.82, 2.24) is 0 Å². The van der Waals surface area contributed by atoms with Crippen LogP contribution in [0.4, 0.5) is 0 Å². The van der Waals surface area contributed by atoms with Crippen molar-refractivity contribution in [2.45, 2.75) is 32.8 Å². The van der Waals surface area contributed by atoms with Gasteiger partial charge in [-0.2, -0.15) is 0 Å². The minimum absolute atomic E-state index is 0.378. The van der Waals surface area contributed by atoms with Crippen LogP contribution in [0.1, 0.15) is 24.5 Å². The van der Waals surface area contributed by atoms with E-state index in [4.69, 9.17) is 9.47 Å². The first-order chi connectivity index (χ1) is 8.17. The molecular weight excluding hydrogens is 216 g/mol. The second kappa shape index (κ2) is 7.30. The summed E-state index contributed by atoms with van der Waals surface area (Å²) in [4.78, 5) is 0. The maximum atomic E-state index is 9.90. The number of hydrogen-bond acceptors (Lipinski definition) is 3. The van der Waals surface area contributed by atoms with Crippen LogP contribution >= 0.6 is 0 Å². The molecule has 1 unspecified atom stereocenters. The molecule has 0 heterocycles. The quantitative estimate of drug-likeness (QED) is 0.741. The Morgan fingerprint density at radius 2 is 2.12 bits per heavy atom. The smallest absolute Gasteiger partial charge is 0.122 e. The average molecular weight is 238 g/mol. The molecule has 3 heteroatoms. The van der Waals surface area contributed by atoms with E-state index in [2.05, 4.69) is 6.07 Å². The topological polar surface area (TPSA) is 38.7 Å². The van der Waals surface area contributed by atoms with Crippen molar-refractivity contribution in [1.29, 1.82) is 0 Å². The summed E-state index contributed by atoms with van der Waals surface area (Å²) in [5, 5.41) is 9.90. The van der Waals surface area contributed by atoms with Crippen LogP contribution in [0, 0.1) is 6.92 Å². The van der Waals surface area contributed by atoms with E-state index in [-0.39, 0.29) is 6.10 Å².